The van der Waals surface area contributed by atoms with Gasteiger partial charge in [-0.25, -0.2) is 0 Å². The maximum atomic E-state index is 5.73. The van der Waals surface area contributed by atoms with E-state index in [2.05, 4.69) is 36.5 Å². The fourth-order valence-electron chi connectivity index (χ4n) is 1.24. The number of allylic oxidation sites excluding steroid dienone is 1. The Morgan fingerprint density at radius 2 is 2.00 bits per heavy atom. The Hall–Kier alpha value is -0.500. The second-order valence-corrected chi connectivity index (χ2v) is 3.93. The summed E-state index contributed by atoms with van der Waals surface area (Å²) in [6.07, 6.45) is 1.97. The molecule has 1 N–H and O–H groups in total. The molecule has 0 aromatic heterocycles. The van der Waals surface area contributed by atoms with Gasteiger partial charge < -0.3 is 5.32 Å². The van der Waals surface area contributed by atoms with Crippen molar-refractivity contribution in [3.63, 3.8) is 0 Å². The van der Waals surface area contributed by atoms with Gasteiger partial charge in [-0.2, -0.15) is 0 Å². The summed E-state index contributed by atoms with van der Waals surface area (Å²) in [6.45, 7) is 4.84. The van der Waals surface area contributed by atoms with Crippen molar-refractivity contribution in [3.8, 4) is 0 Å². The van der Waals surface area contributed by atoms with E-state index in [1.807, 2.05) is 19.1 Å². The number of hydrogen-bond donors (Lipinski definition) is 1. The Balaban J connectivity index is 0.00000196. The predicted octanol–water partition coefficient (Wildman–Crippen LogP) is 3.90. The van der Waals surface area contributed by atoms with Crippen molar-refractivity contribution < 1.29 is 0 Å². The lowest BCUT2D eigenvalue weighted by molar-refractivity contribution is 0.617. The van der Waals surface area contributed by atoms with Crippen LogP contribution in [0, 0.1) is 0 Å². The number of benzene rings is 1. The minimum atomic E-state index is 0. The average Bonchev–Trinajstić information content (AvgIpc) is 2.18. The summed E-state index contributed by atoms with van der Waals surface area (Å²) in [5.74, 6) is 0. The van der Waals surface area contributed by atoms with Crippen molar-refractivity contribution >= 4 is 24.0 Å². The normalized spacial score (nSPS) is 13.1. The molecule has 1 aromatic rings. The van der Waals surface area contributed by atoms with E-state index in [4.69, 9.17) is 11.6 Å². The molecule has 1 unspecified atom stereocenters. The van der Waals surface area contributed by atoms with Crippen molar-refractivity contribution in [3.05, 3.63) is 47.0 Å². The van der Waals surface area contributed by atoms with Gasteiger partial charge in [0.2, 0.25) is 0 Å². The van der Waals surface area contributed by atoms with Crippen LogP contribution in [0.1, 0.15) is 25.5 Å². The number of hydrogen-bond acceptors (Lipinski definition) is 1. The zero-order valence-electron chi connectivity index (χ0n) is 9.03. The predicted molar refractivity (Wildman–Crippen MR) is 69.7 cm³/mol. The molecule has 1 atom stereocenters. The Labute approximate surface area is 103 Å². The van der Waals surface area contributed by atoms with Crippen molar-refractivity contribution in [2.75, 3.05) is 6.54 Å². The van der Waals surface area contributed by atoms with Crippen LogP contribution in [0.4, 0.5) is 0 Å². The van der Waals surface area contributed by atoms with Gasteiger partial charge in [-0.1, -0.05) is 48.0 Å². The molecule has 1 rings (SSSR count). The number of rotatable bonds is 4. The summed E-state index contributed by atoms with van der Waals surface area (Å²) in [7, 11) is 0. The minimum Gasteiger partial charge on any atom is -0.307 e. The highest BCUT2D eigenvalue weighted by molar-refractivity contribution is 6.29. The molecule has 1 nitrogen and oxygen atoms in total. The lowest BCUT2D eigenvalue weighted by atomic mass is 10.1. The van der Waals surface area contributed by atoms with E-state index in [9.17, 15) is 0 Å². The van der Waals surface area contributed by atoms with Gasteiger partial charge >= 0.3 is 0 Å². The molecule has 0 aliphatic rings. The summed E-state index contributed by atoms with van der Waals surface area (Å²) in [6, 6.07) is 10.7. The van der Waals surface area contributed by atoms with Gasteiger partial charge in [0.15, 0.2) is 0 Å². The van der Waals surface area contributed by atoms with Crippen molar-refractivity contribution in [2.24, 2.45) is 0 Å². The SMILES string of the molecule is CC(Cl)=CCNC(C)c1ccccc1.Cl. The third-order valence-corrected chi connectivity index (χ3v) is 2.26. The van der Waals surface area contributed by atoms with Gasteiger partial charge in [-0.05, 0) is 19.4 Å². The number of nitrogens with one attached hydrogen (secondary N) is 1. The summed E-state index contributed by atoms with van der Waals surface area (Å²) < 4.78 is 0. The highest BCUT2D eigenvalue weighted by Gasteiger charge is 2.01. The lowest BCUT2D eigenvalue weighted by Gasteiger charge is -2.12. The monoisotopic (exact) mass is 245 g/mol. The zero-order chi connectivity index (χ0) is 10.4. The second-order valence-electron chi connectivity index (χ2n) is 3.33. The Kier molecular flexibility index (Phi) is 7.49. The highest BCUT2D eigenvalue weighted by atomic mass is 35.5. The van der Waals surface area contributed by atoms with Crippen LogP contribution in [-0.4, -0.2) is 6.54 Å². The van der Waals surface area contributed by atoms with Crippen LogP contribution >= 0.6 is 24.0 Å². The van der Waals surface area contributed by atoms with E-state index in [-0.39, 0.29) is 12.4 Å². The Morgan fingerprint density at radius 3 is 2.53 bits per heavy atom. The first kappa shape index (κ1) is 14.5. The Morgan fingerprint density at radius 1 is 1.40 bits per heavy atom. The van der Waals surface area contributed by atoms with Gasteiger partial charge in [-0.3, -0.25) is 0 Å². The van der Waals surface area contributed by atoms with Crippen molar-refractivity contribution in [1.82, 2.24) is 5.32 Å². The summed E-state index contributed by atoms with van der Waals surface area (Å²) in [5.41, 5.74) is 1.30. The molecule has 0 amide bonds. The van der Waals surface area contributed by atoms with E-state index < -0.39 is 0 Å². The van der Waals surface area contributed by atoms with Crippen LogP contribution in [-0.2, 0) is 0 Å². The van der Waals surface area contributed by atoms with Crippen LogP contribution in [0.2, 0.25) is 0 Å². The van der Waals surface area contributed by atoms with Crippen molar-refractivity contribution in [2.45, 2.75) is 19.9 Å². The quantitative estimate of drug-likeness (QED) is 0.849. The molecular weight excluding hydrogens is 229 g/mol. The summed E-state index contributed by atoms with van der Waals surface area (Å²) in [5, 5.41) is 4.20. The maximum Gasteiger partial charge on any atom is 0.0294 e. The van der Waals surface area contributed by atoms with Gasteiger partial charge in [0, 0.05) is 17.6 Å². The molecule has 0 aliphatic heterocycles. The molecule has 0 bridgehead atoms. The van der Waals surface area contributed by atoms with E-state index in [0.717, 1.165) is 11.6 Å². The third kappa shape index (κ3) is 5.83. The van der Waals surface area contributed by atoms with Crippen molar-refractivity contribution in [1.29, 1.82) is 0 Å². The first-order valence-electron chi connectivity index (χ1n) is 4.80. The first-order chi connectivity index (χ1) is 6.70. The topological polar surface area (TPSA) is 12.0 Å². The van der Waals surface area contributed by atoms with Crippen LogP contribution in [0.25, 0.3) is 0 Å². The van der Waals surface area contributed by atoms with Crippen LogP contribution in [0.15, 0.2) is 41.4 Å². The zero-order valence-corrected chi connectivity index (χ0v) is 10.6. The van der Waals surface area contributed by atoms with Gasteiger partial charge in [0.05, 0.1) is 0 Å². The van der Waals surface area contributed by atoms with E-state index in [1.165, 1.54) is 5.56 Å². The van der Waals surface area contributed by atoms with E-state index in [1.54, 1.807) is 0 Å². The lowest BCUT2D eigenvalue weighted by Crippen LogP contribution is -2.18. The summed E-state index contributed by atoms with van der Waals surface area (Å²) in [4.78, 5) is 0. The van der Waals surface area contributed by atoms with Gasteiger partial charge in [0.25, 0.3) is 0 Å². The molecular formula is C12H17Cl2N. The molecule has 0 saturated carbocycles. The minimum absolute atomic E-state index is 0. The fraction of sp³-hybridized carbons (Fsp3) is 0.333. The van der Waals surface area contributed by atoms with Gasteiger partial charge in [-0.15, -0.1) is 12.4 Å². The summed E-state index contributed by atoms with van der Waals surface area (Å²) >= 11 is 5.73. The molecule has 0 aliphatic carbocycles. The molecule has 0 heterocycles. The molecule has 0 radical (unpaired) electrons. The molecule has 3 heteroatoms. The van der Waals surface area contributed by atoms with E-state index >= 15 is 0 Å². The Bertz CT molecular complexity index is 292. The number of halogens is 2. The highest BCUT2D eigenvalue weighted by Crippen LogP contribution is 2.10. The maximum absolute atomic E-state index is 5.73. The molecule has 0 saturated heterocycles. The van der Waals surface area contributed by atoms with E-state index in [0.29, 0.717) is 6.04 Å². The third-order valence-electron chi connectivity index (χ3n) is 2.11. The fourth-order valence-corrected chi connectivity index (χ4v) is 1.31. The second kappa shape index (κ2) is 7.75. The molecule has 0 fully saturated rings. The van der Waals surface area contributed by atoms with Crippen LogP contribution in [0.3, 0.4) is 0 Å². The largest absolute Gasteiger partial charge is 0.307 e. The molecule has 1 aromatic carbocycles. The van der Waals surface area contributed by atoms with Crippen LogP contribution in [0.5, 0.6) is 0 Å². The standard InChI is InChI=1S/C12H16ClN.ClH/c1-10(13)8-9-14-11(2)12-6-4-3-5-7-12;/h3-8,11,14H,9H2,1-2H3;1H. The first-order valence-corrected chi connectivity index (χ1v) is 5.18. The molecule has 15 heavy (non-hydrogen) atoms. The smallest absolute Gasteiger partial charge is 0.0294 e. The molecule has 84 valence electrons. The average molecular weight is 246 g/mol. The van der Waals surface area contributed by atoms with Gasteiger partial charge in [0.1, 0.15) is 0 Å². The molecule has 0 spiro atoms. The van der Waals surface area contributed by atoms with Crippen LogP contribution < -0.4 is 5.32 Å².